The van der Waals surface area contributed by atoms with E-state index in [1.807, 2.05) is 36.4 Å². The number of furan rings is 1. The second kappa shape index (κ2) is 9.88. The van der Waals surface area contributed by atoms with Crippen molar-refractivity contribution >= 4 is 65.6 Å². The van der Waals surface area contributed by atoms with Gasteiger partial charge in [0, 0.05) is 54.4 Å². The highest BCUT2D eigenvalue weighted by Gasteiger charge is 2.03. The topological polar surface area (TPSA) is 44.7 Å². The third-order valence-electron chi connectivity index (χ3n) is 7.11. The Kier molecular flexibility index (Phi) is 5.80. The SMILES string of the molecule is c1ccc2c(c1)[nH]c1ccccc12.c1ccc2c(c1)[nH]c1ccccc12.c1ccc2c(c1)oc1ccccc12. The van der Waals surface area contributed by atoms with Crippen LogP contribution in [0.25, 0.3) is 65.6 Å². The van der Waals surface area contributed by atoms with Gasteiger partial charge in [0.15, 0.2) is 0 Å². The highest BCUT2D eigenvalue weighted by atomic mass is 16.3. The first-order valence-electron chi connectivity index (χ1n) is 13.1. The van der Waals surface area contributed by atoms with Gasteiger partial charge in [-0.2, -0.15) is 0 Å². The minimum absolute atomic E-state index is 0.962. The number of aromatic amines is 2. The number of hydrogen-bond acceptors (Lipinski definition) is 1. The predicted molar refractivity (Wildman–Crippen MR) is 165 cm³/mol. The van der Waals surface area contributed by atoms with Crippen molar-refractivity contribution in [3.8, 4) is 0 Å². The average molecular weight is 503 g/mol. The van der Waals surface area contributed by atoms with E-state index in [1.54, 1.807) is 0 Å². The lowest BCUT2D eigenvalue weighted by molar-refractivity contribution is 0.669. The zero-order valence-corrected chi connectivity index (χ0v) is 21.3. The van der Waals surface area contributed by atoms with E-state index in [-0.39, 0.29) is 0 Å². The maximum atomic E-state index is 5.65. The van der Waals surface area contributed by atoms with Gasteiger partial charge in [0.2, 0.25) is 0 Å². The summed E-state index contributed by atoms with van der Waals surface area (Å²) in [7, 11) is 0. The van der Waals surface area contributed by atoms with Crippen molar-refractivity contribution in [1.29, 1.82) is 0 Å². The molecule has 0 saturated carbocycles. The van der Waals surface area contributed by atoms with Gasteiger partial charge in [-0.1, -0.05) is 109 Å². The van der Waals surface area contributed by atoms with Crippen molar-refractivity contribution in [1.82, 2.24) is 9.97 Å². The number of benzene rings is 6. The van der Waals surface area contributed by atoms with Crippen LogP contribution < -0.4 is 0 Å². The number of rotatable bonds is 0. The van der Waals surface area contributed by atoms with E-state index in [4.69, 9.17) is 4.42 Å². The summed E-state index contributed by atoms with van der Waals surface area (Å²) in [4.78, 5) is 6.76. The van der Waals surface area contributed by atoms with Crippen LogP contribution in [0.1, 0.15) is 0 Å². The number of fused-ring (bicyclic) bond motifs is 9. The van der Waals surface area contributed by atoms with Crippen LogP contribution in [-0.2, 0) is 0 Å². The van der Waals surface area contributed by atoms with Crippen LogP contribution in [0, 0.1) is 0 Å². The fraction of sp³-hybridized carbons (Fsp3) is 0. The molecule has 0 aliphatic carbocycles. The van der Waals surface area contributed by atoms with Crippen molar-refractivity contribution in [3.63, 3.8) is 0 Å². The second-order valence-electron chi connectivity index (χ2n) is 9.53. The number of H-pyrrole nitrogens is 2. The van der Waals surface area contributed by atoms with E-state index in [0.717, 1.165) is 11.2 Å². The van der Waals surface area contributed by atoms with E-state index >= 15 is 0 Å². The first kappa shape index (κ1) is 22.9. The smallest absolute Gasteiger partial charge is 0.135 e. The fourth-order valence-electron chi connectivity index (χ4n) is 5.27. The van der Waals surface area contributed by atoms with Crippen LogP contribution in [0.15, 0.2) is 150 Å². The molecule has 0 fully saturated rings. The quantitative estimate of drug-likeness (QED) is 0.213. The van der Waals surface area contributed by atoms with Gasteiger partial charge in [-0.15, -0.1) is 0 Å². The van der Waals surface area contributed by atoms with Gasteiger partial charge in [-0.3, -0.25) is 0 Å². The number of hydrogen-bond donors (Lipinski definition) is 2. The number of aromatic nitrogens is 2. The maximum Gasteiger partial charge on any atom is 0.135 e. The lowest BCUT2D eigenvalue weighted by atomic mass is 10.2. The van der Waals surface area contributed by atoms with E-state index in [9.17, 15) is 0 Å². The summed E-state index contributed by atoms with van der Waals surface area (Å²) in [5.41, 5.74) is 6.77. The largest absolute Gasteiger partial charge is 0.456 e. The minimum atomic E-state index is 0.962. The van der Waals surface area contributed by atoms with E-state index < -0.39 is 0 Å². The standard InChI is InChI=1S/2C12H9N.C12H8O/c3*1-3-7-11-9(5-1)10-6-2-4-8-12(10)13-11/h2*1-8,13H;1-8H. The molecule has 3 nitrogen and oxygen atoms in total. The summed E-state index contributed by atoms with van der Waals surface area (Å²) in [6, 6.07) is 49.7. The zero-order chi connectivity index (χ0) is 26.0. The Morgan fingerprint density at radius 1 is 0.282 bits per heavy atom. The molecule has 2 N–H and O–H groups in total. The van der Waals surface area contributed by atoms with Gasteiger partial charge in [-0.25, -0.2) is 0 Å². The zero-order valence-electron chi connectivity index (χ0n) is 21.3. The third-order valence-corrected chi connectivity index (χ3v) is 7.11. The molecule has 0 spiro atoms. The predicted octanol–water partition coefficient (Wildman–Crippen LogP) is 10.2. The molecule has 3 heterocycles. The molecular formula is C36H26N2O. The molecular weight excluding hydrogens is 476 g/mol. The van der Waals surface area contributed by atoms with E-state index in [0.29, 0.717) is 0 Å². The van der Waals surface area contributed by atoms with Crippen LogP contribution in [0.5, 0.6) is 0 Å². The van der Waals surface area contributed by atoms with Crippen molar-refractivity contribution in [2.75, 3.05) is 0 Å². The molecule has 0 aliphatic heterocycles. The summed E-state index contributed by atoms with van der Waals surface area (Å²) < 4.78 is 5.65. The highest BCUT2D eigenvalue weighted by molar-refractivity contribution is 6.08. The minimum Gasteiger partial charge on any atom is -0.456 e. The molecule has 0 bridgehead atoms. The highest BCUT2D eigenvalue weighted by Crippen LogP contribution is 2.28. The molecule has 9 rings (SSSR count). The van der Waals surface area contributed by atoms with Gasteiger partial charge in [0.25, 0.3) is 0 Å². The Balaban J connectivity index is 0.0000000974. The van der Waals surface area contributed by atoms with Crippen LogP contribution >= 0.6 is 0 Å². The van der Waals surface area contributed by atoms with Crippen LogP contribution in [0.2, 0.25) is 0 Å². The average Bonchev–Trinajstić information content (AvgIpc) is 3.69. The van der Waals surface area contributed by atoms with Crippen LogP contribution in [0.3, 0.4) is 0 Å². The van der Waals surface area contributed by atoms with Crippen molar-refractivity contribution in [2.24, 2.45) is 0 Å². The molecule has 0 aliphatic rings. The van der Waals surface area contributed by atoms with Crippen LogP contribution in [-0.4, -0.2) is 9.97 Å². The molecule has 9 aromatic rings. The van der Waals surface area contributed by atoms with E-state index in [2.05, 4.69) is 119 Å². The number of nitrogens with one attached hydrogen (secondary N) is 2. The molecule has 0 atom stereocenters. The summed E-state index contributed by atoms with van der Waals surface area (Å²) >= 11 is 0. The Labute approximate surface area is 225 Å². The van der Waals surface area contributed by atoms with Crippen molar-refractivity contribution < 1.29 is 4.42 Å². The normalized spacial score (nSPS) is 11.1. The summed E-state index contributed by atoms with van der Waals surface area (Å²) in [6.07, 6.45) is 0. The Morgan fingerprint density at radius 3 is 0.872 bits per heavy atom. The molecule has 0 saturated heterocycles. The Hall–Kier alpha value is -5.28. The first-order chi connectivity index (χ1) is 19.3. The molecule has 186 valence electrons. The molecule has 6 aromatic carbocycles. The summed E-state index contributed by atoms with van der Waals surface area (Å²) in [5.74, 6) is 0. The van der Waals surface area contributed by atoms with E-state index in [1.165, 1.54) is 54.4 Å². The lowest BCUT2D eigenvalue weighted by Gasteiger charge is -1.87. The van der Waals surface area contributed by atoms with Gasteiger partial charge in [-0.05, 0) is 36.4 Å². The molecule has 0 unspecified atom stereocenters. The van der Waals surface area contributed by atoms with Gasteiger partial charge >= 0.3 is 0 Å². The van der Waals surface area contributed by atoms with Gasteiger partial charge in [0.05, 0.1) is 0 Å². The molecule has 39 heavy (non-hydrogen) atoms. The van der Waals surface area contributed by atoms with Gasteiger partial charge in [0.1, 0.15) is 11.2 Å². The molecule has 0 amide bonds. The Morgan fingerprint density at radius 2 is 0.538 bits per heavy atom. The summed E-state index contributed by atoms with van der Waals surface area (Å²) in [6.45, 7) is 0. The molecule has 0 radical (unpaired) electrons. The lowest BCUT2D eigenvalue weighted by Crippen LogP contribution is -1.62. The first-order valence-corrected chi connectivity index (χ1v) is 13.1. The van der Waals surface area contributed by atoms with Crippen molar-refractivity contribution in [3.05, 3.63) is 146 Å². The van der Waals surface area contributed by atoms with Crippen molar-refractivity contribution in [2.45, 2.75) is 0 Å². The molecule has 3 heteroatoms. The van der Waals surface area contributed by atoms with Gasteiger partial charge < -0.3 is 14.4 Å². The third kappa shape index (κ3) is 4.30. The second-order valence-corrected chi connectivity index (χ2v) is 9.53. The van der Waals surface area contributed by atoms with Crippen LogP contribution in [0.4, 0.5) is 0 Å². The fourth-order valence-corrected chi connectivity index (χ4v) is 5.27. The Bertz CT molecular complexity index is 1790. The monoisotopic (exact) mass is 502 g/mol. The maximum absolute atomic E-state index is 5.65. The summed E-state index contributed by atoms with van der Waals surface area (Å²) in [5, 5.41) is 7.60. The number of para-hydroxylation sites is 6. The molecule has 3 aromatic heterocycles.